The third-order valence-corrected chi connectivity index (χ3v) is 5.78. The first kappa shape index (κ1) is 12.5. The molecule has 2 bridgehead atoms. The van der Waals surface area contributed by atoms with Gasteiger partial charge in [0.15, 0.2) is 0 Å². The SMILES string of the molecule is CC1CCN(C(=O)C2CC3CCC2C3)CC1CN. The van der Waals surface area contributed by atoms with Crippen LogP contribution in [-0.4, -0.2) is 30.4 Å². The van der Waals surface area contributed by atoms with Crippen molar-refractivity contribution in [3.05, 3.63) is 0 Å². The van der Waals surface area contributed by atoms with Gasteiger partial charge in [-0.1, -0.05) is 13.3 Å². The molecule has 1 saturated heterocycles. The smallest absolute Gasteiger partial charge is 0.225 e. The van der Waals surface area contributed by atoms with Crippen molar-refractivity contribution >= 4 is 5.91 Å². The normalized spacial score (nSPS) is 43.4. The molecule has 3 heteroatoms. The standard InChI is InChI=1S/C15H26N2O/c1-10-4-5-17(9-13(10)8-16)15(18)14-7-11-2-3-12(14)6-11/h10-14H,2-9,16H2,1H3. The molecule has 0 aromatic heterocycles. The van der Waals surface area contributed by atoms with Gasteiger partial charge in [0.25, 0.3) is 0 Å². The Bertz CT molecular complexity index is 330. The summed E-state index contributed by atoms with van der Waals surface area (Å²) in [5.74, 6) is 3.57. The summed E-state index contributed by atoms with van der Waals surface area (Å²) in [4.78, 5) is 14.8. The number of piperidine rings is 1. The molecule has 0 radical (unpaired) electrons. The monoisotopic (exact) mass is 250 g/mol. The molecule has 0 spiro atoms. The molecule has 3 aliphatic rings. The Hall–Kier alpha value is -0.570. The van der Waals surface area contributed by atoms with Crippen molar-refractivity contribution in [2.75, 3.05) is 19.6 Å². The fourth-order valence-electron chi connectivity index (χ4n) is 4.44. The molecular formula is C15H26N2O. The molecule has 3 fully saturated rings. The predicted molar refractivity (Wildman–Crippen MR) is 71.8 cm³/mol. The van der Waals surface area contributed by atoms with Crippen LogP contribution in [0.1, 0.15) is 39.0 Å². The van der Waals surface area contributed by atoms with E-state index in [1.165, 1.54) is 25.7 Å². The molecule has 2 aliphatic carbocycles. The van der Waals surface area contributed by atoms with E-state index in [1.807, 2.05) is 0 Å². The Kier molecular flexibility index (Phi) is 3.35. The van der Waals surface area contributed by atoms with Crippen LogP contribution >= 0.6 is 0 Å². The Morgan fingerprint density at radius 3 is 2.72 bits per heavy atom. The van der Waals surface area contributed by atoms with Crippen LogP contribution in [0.5, 0.6) is 0 Å². The Morgan fingerprint density at radius 1 is 1.28 bits per heavy atom. The van der Waals surface area contributed by atoms with Crippen LogP contribution in [-0.2, 0) is 4.79 Å². The second-order valence-corrected chi connectivity index (χ2v) is 6.83. The highest BCUT2D eigenvalue weighted by molar-refractivity contribution is 5.79. The van der Waals surface area contributed by atoms with Crippen LogP contribution in [0.15, 0.2) is 0 Å². The van der Waals surface area contributed by atoms with Crippen molar-refractivity contribution in [1.29, 1.82) is 0 Å². The first-order valence-corrected chi connectivity index (χ1v) is 7.68. The van der Waals surface area contributed by atoms with Crippen LogP contribution in [0.3, 0.4) is 0 Å². The van der Waals surface area contributed by atoms with Gasteiger partial charge < -0.3 is 10.6 Å². The van der Waals surface area contributed by atoms with E-state index >= 15 is 0 Å². The zero-order valence-electron chi connectivity index (χ0n) is 11.5. The van der Waals surface area contributed by atoms with E-state index in [1.54, 1.807) is 0 Å². The number of carbonyl (C=O) groups is 1. The van der Waals surface area contributed by atoms with Crippen molar-refractivity contribution in [1.82, 2.24) is 4.90 Å². The second-order valence-electron chi connectivity index (χ2n) is 6.83. The maximum Gasteiger partial charge on any atom is 0.225 e. The van der Waals surface area contributed by atoms with Crippen LogP contribution < -0.4 is 5.73 Å². The van der Waals surface area contributed by atoms with Gasteiger partial charge in [0.1, 0.15) is 0 Å². The van der Waals surface area contributed by atoms with Gasteiger partial charge in [-0.15, -0.1) is 0 Å². The van der Waals surface area contributed by atoms with E-state index in [4.69, 9.17) is 5.73 Å². The molecule has 1 aliphatic heterocycles. The largest absolute Gasteiger partial charge is 0.342 e. The van der Waals surface area contributed by atoms with Crippen LogP contribution in [0, 0.1) is 29.6 Å². The number of nitrogens with zero attached hydrogens (tertiary/aromatic N) is 1. The number of amides is 1. The zero-order valence-corrected chi connectivity index (χ0v) is 11.5. The minimum atomic E-state index is 0.357. The molecule has 3 rings (SSSR count). The summed E-state index contributed by atoms with van der Waals surface area (Å²) in [6, 6.07) is 0. The quantitative estimate of drug-likeness (QED) is 0.813. The first-order chi connectivity index (χ1) is 8.69. The summed E-state index contributed by atoms with van der Waals surface area (Å²) in [7, 11) is 0. The lowest BCUT2D eigenvalue weighted by Gasteiger charge is -2.38. The van der Waals surface area contributed by atoms with E-state index in [0.717, 1.165) is 32.0 Å². The van der Waals surface area contributed by atoms with Crippen molar-refractivity contribution in [2.24, 2.45) is 35.3 Å². The maximum absolute atomic E-state index is 12.6. The fraction of sp³-hybridized carbons (Fsp3) is 0.933. The summed E-state index contributed by atoms with van der Waals surface area (Å²) in [6.07, 6.45) is 6.29. The average molecular weight is 250 g/mol. The van der Waals surface area contributed by atoms with Gasteiger partial charge in [0.2, 0.25) is 5.91 Å². The number of rotatable bonds is 2. The number of fused-ring (bicyclic) bond motifs is 2. The van der Waals surface area contributed by atoms with E-state index in [0.29, 0.717) is 29.6 Å². The minimum absolute atomic E-state index is 0.357. The lowest BCUT2D eigenvalue weighted by molar-refractivity contribution is -0.139. The molecule has 5 atom stereocenters. The Labute approximate surface area is 110 Å². The second kappa shape index (κ2) is 4.84. The molecule has 0 aromatic rings. The van der Waals surface area contributed by atoms with E-state index in [2.05, 4.69) is 11.8 Å². The predicted octanol–water partition coefficient (Wildman–Crippen LogP) is 1.87. The molecule has 1 heterocycles. The maximum atomic E-state index is 12.6. The first-order valence-electron chi connectivity index (χ1n) is 7.68. The summed E-state index contributed by atoms with van der Waals surface area (Å²) in [5.41, 5.74) is 5.83. The molecule has 102 valence electrons. The highest BCUT2D eigenvalue weighted by atomic mass is 16.2. The summed E-state index contributed by atoms with van der Waals surface area (Å²) in [5, 5.41) is 0. The van der Waals surface area contributed by atoms with E-state index < -0.39 is 0 Å². The molecule has 2 saturated carbocycles. The lowest BCUT2D eigenvalue weighted by Crippen LogP contribution is -2.48. The topological polar surface area (TPSA) is 46.3 Å². The van der Waals surface area contributed by atoms with Gasteiger partial charge in [0.05, 0.1) is 0 Å². The highest BCUT2D eigenvalue weighted by Gasteiger charge is 2.45. The van der Waals surface area contributed by atoms with Crippen LogP contribution in [0.2, 0.25) is 0 Å². The fourth-order valence-corrected chi connectivity index (χ4v) is 4.44. The summed E-state index contributed by atoms with van der Waals surface area (Å²) in [6.45, 7) is 4.87. The summed E-state index contributed by atoms with van der Waals surface area (Å²) < 4.78 is 0. The average Bonchev–Trinajstić information content (AvgIpc) is 3.00. The Balaban J connectivity index is 1.63. The van der Waals surface area contributed by atoms with Crippen molar-refractivity contribution in [3.8, 4) is 0 Å². The number of likely N-dealkylation sites (tertiary alicyclic amines) is 1. The van der Waals surface area contributed by atoms with Gasteiger partial charge in [-0.05, 0) is 55.9 Å². The summed E-state index contributed by atoms with van der Waals surface area (Å²) >= 11 is 0. The highest BCUT2D eigenvalue weighted by Crippen LogP contribution is 2.49. The third-order valence-electron chi connectivity index (χ3n) is 5.78. The molecular weight excluding hydrogens is 224 g/mol. The van der Waals surface area contributed by atoms with Crippen molar-refractivity contribution in [2.45, 2.75) is 39.0 Å². The van der Waals surface area contributed by atoms with Crippen molar-refractivity contribution in [3.63, 3.8) is 0 Å². The number of nitrogens with two attached hydrogens (primary N) is 1. The Morgan fingerprint density at radius 2 is 2.11 bits per heavy atom. The number of hydrogen-bond donors (Lipinski definition) is 1. The van der Waals surface area contributed by atoms with E-state index in [-0.39, 0.29) is 0 Å². The molecule has 5 unspecified atom stereocenters. The van der Waals surface area contributed by atoms with Gasteiger partial charge in [-0.3, -0.25) is 4.79 Å². The molecule has 1 amide bonds. The minimum Gasteiger partial charge on any atom is -0.342 e. The third kappa shape index (κ3) is 2.07. The van der Waals surface area contributed by atoms with Gasteiger partial charge in [-0.25, -0.2) is 0 Å². The van der Waals surface area contributed by atoms with E-state index in [9.17, 15) is 4.79 Å². The van der Waals surface area contributed by atoms with Gasteiger partial charge in [0, 0.05) is 19.0 Å². The molecule has 2 N–H and O–H groups in total. The van der Waals surface area contributed by atoms with Gasteiger partial charge >= 0.3 is 0 Å². The van der Waals surface area contributed by atoms with Crippen LogP contribution in [0.4, 0.5) is 0 Å². The zero-order chi connectivity index (χ0) is 12.7. The molecule has 18 heavy (non-hydrogen) atoms. The number of carbonyl (C=O) groups excluding carboxylic acids is 1. The van der Waals surface area contributed by atoms with Crippen LogP contribution in [0.25, 0.3) is 0 Å². The molecule has 3 nitrogen and oxygen atoms in total. The number of hydrogen-bond acceptors (Lipinski definition) is 2. The lowest BCUT2D eigenvalue weighted by atomic mass is 9.84. The van der Waals surface area contributed by atoms with Crippen molar-refractivity contribution < 1.29 is 4.79 Å². The molecule has 0 aromatic carbocycles. The van der Waals surface area contributed by atoms with Gasteiger partial charge in [-0.2, -0.15) is 0 Å².